The molecular formula is C21H38ClNO. The average Bonchev–Trinajstić information content (AvgIpc) is 2.87. The summed E-state index contributed by atoms with van der Waals surface area (Å²) in [7, 11) is 0. The van der Waals surface area contributed by atoms with Crippen molar-refractivity contribution in [2.24, 2.45) is 5.41 Å². The van der Waals surface area contributed by atoms with Crippen LogP contribution in [0.3, 0.4) is 0 Å². The Morgan fingerprint density at radius 3 is 2.67 bits per heavy atom. The molecule has 1 saturated heterocycles. The molecule has 0 aromatic carbocycles. The van der Waals surface area contributed by atoms with Crippen molar-refractivity contribution < 1.29 is 5.11 Å². The minimum atomic E-state index is -0.0990. The molecule has 1 aliphatic heterocycles. The van der Waals surface area contributed by atoms with E-state index in [1.165, 1.54) is 38.5 Å². The first-order valence-electron chi connectivity index (χ1n) is 10.3. The van der Waals surface area contributed by atoms with Crippen molar-refractivity contribution >= 4 is 11.6 Å². The average molecular weight is 356 g/mol. The van der Waals surface area contributed by atoms with Crippen LogP contribution in [0.2, 0.25) is 0 Å². The van der Waals surface area contributed by atoms with Gasteiger partial charge < -0.3 is 5.11 Å². The number of halogens is 1. The predicted octanol–water partition coefficient (Wildman–Crippen LogP) is 5.53. The van der Waals surface area contributed by atoms with Gasteiger partial charge in [-0.2, -0.15) is 0 Å². The molecule has 1 aliphatic carbocycles. The minimum absolute atomic E-state index is 0.0990. The summed E-state index contributed by atoms with van der Waals surface area (Å²) in [5.74, 6) is 0. The largest absolute Gasteiger partial charge is 0.393 e. The van der Waals surface area contributed by atoms with Crippen molar-refractivity contribution in [3.8, 4) is 0 Å². The highest BCUT2D eigenvalue weighted by Gasteiger charge is 2.41. The van der Waals surface area contributed by atoms with Crippen LogP contribution in [0.15, 0.2) is 12.2 Å². The Morgan fingerprint density at radius 2 is 2.04 bits per heavy atom. The van der Waals surface area contributed by atoms with Crippen molar-refractivity contribution in [1.29, 1.82) is 0 Å². The van der Waals surface area contributed by atoms with E-state index < -0.39 is 0 Å². The summed E-state index contributed by atoms with van der Waals surface area (Å²) < 4.78 is 0. The van der Waals surface area contributed by atoms with E-state index in [0.29, 0.717) is 11.4 Å². The van der Waals surface area contributed by atoms with Crippen LogP contribution in [0.5, 0.6) is 0 Å². The number of hydrogen-bond donors (Lipinski definition) is 1. The van der Waals surface area contributed by atoms with Crippen LogP contribution in [-0.2, 0) is 0 Å². The van der Waals surface area contributed by atoms with Gasteiger partial charge >= 0.3 is 0 Å². The third-order valence-corrected chi connectivity index (χ3v) is 7.04. The van der Waals surface area contributed by atoms with Gasteiger partial charge in [-0.05, 0) is 69.9 Å². The highest BCUT2D eigenvalue weighted by atomic mass is 35.5. The van der Waals surface area contributed by atoms with Crippen molar-refractivity contribution in [1.82, 2.24) is 4.90 Å². The molecule has 140 valence electrons. The summed E-state index contributed by atoms with van der Waals surface area (Å²) in [5, 5.41) is 10.9. The Kier molecular flexibility index (Phi) is 8.60. The van der Waals surface area contributed by atoms with E-state index in [2.05, 4.69) is 30.9 Å². The van der Waals surface area contributed by atoms with Gasteiger partial charge in [0.15, 0.2) is 0 Å². The molecule has 0 amide bonds. The molecule has 0 aromatic heterocycles. The van der Waals surface area contributed by atoms with E-state index in [4.69, 9.17) is 11.6 Å². The molecule has 2 aliphatic rings. The summed E-state index contributed by atoms with van der Waals surface area (Å²) in [6.45, 7) is 6.69. The van der Waals surface area contributed by atoms with Crippen LogP contribution >= 0.6 is 11.6 Å². The number of likely N-dealkylation sites (tertiary alicyclic amines) is 1. The molecule has 3 heteroatoms. The minimum Gasteiger partial charge on any atom is -0.393 e. The van der Waals surface area contributed by atoms with Crippen molar-refractivity contribution in [2.75, 3.05) is 13.1 Å². The van der Waals surface area contributed by atoms with E-state index in [1.54, 1.807) is 0 Å². The first-order chi connectivity index (χ1) is 11.6. The molecule has 0 radical (unpaired) electrons. The van der Waals surface area contributed by atoms with Crippen LogP contribution in [-0.4, -0.2) is 40.6 Å². The van der Waals surface area contributed by atoms with Crippen LogP contribution in [0.4, 0.5) is 0 Å². The van der Waals surface area contributed by atoms with Crippen LogP contribution < -0.4 is 0 Å². The monoisotopic (exact) mass is 355 g/mol. The number of allylic oxidation sites excluding steroid dienone is 1. The van der Waals surface area contributed by atoms with E-state index in [1.807, 2.05) is 0 Å². The van der Waals surface area contributed by atoms with Crippen molar-refractivity contribution in [3.63, 3.8) is 0 Å². The maximum atomic E-state index is 10.6. The maximum Gasteiger partial charge on any atom is 0.0596 e. The lowest BCUT2D eigenvalue weighted by Gasteiger charge is -2.45. The van der Waals surface area contributed by atoms with Gasteiger partial charge in [-0.15, -0.1) is 11.6 Å². The number of nitrogens with zero attached hydrogens (tertiary/aromatic N) is 1. The fourth-order valence-electron chi connectivity index (χ4n) is 4.47. The lowest BCUT2D eigenvalue weighted by molar-refractivity contribution is -0.0439. The fraction of sp³-hybridized carbons (Fsp3) is 0.905. The molecule has 2 rings (SSSR count). The third-order valence-electron chi connectivity index (χ3n) is 6.53. The lowest BCUT2D eigenvalue weighted by atomic mass is 9.62. The molecule has 24 heavy (non-hydrogen) atoms. The van der Waals surface area contributed by atoms with E-state index in [9.17, 15) is 5.11 Å². The first-order valence-corrected chi connectivity index (χ1v) is 10.8. The molecular weight excluding hydrogens is 318 g/mol. The molecule has 2 fully saturated rings. The summed E-state index contributed by atoms with van der Waals surface area (Å²) in [6, 6.07) is 0.491. The van der Waals surface area contributed by atoms with Crippen LogP contribution in [0, 0.1) is 5.41 Å². The third kappa shape index (κ3) is 5.22. The quantitative estimate of drug-likeness (QED) is 0.299. The zero-order chi connectivity index (χ0) is 17.4. The Balaban J connectivity index is 1.71. The van der Waals surface area contributed by atoms with Gasteiger partial charge in [0.1, 0.15) is 0 Å². The second-order valence-corrected chi connectivity index (χ2v) is 8.55. The molecule has 3 atom stereocenters. The second-order valence-electron chi connectivity index (χ2n) is 7.98. The number of unbranched alkanes of at least 4 members (excludes halogenated alkanes) is 2. The van der Waals surface area contributed by atoms with Crippen LogP contribution in [0.1, 0.15) is 84.5 Å². The van der Waals surface area contributed by atoms with E-state index >= 15 is 0 Å². The van der Waals surface area contributed by atoms with Gasteiger partial charge in [-0.1, -0.05) is 45.3 Å². The molecule has 0 bridgehead atoms. The highest BCUT2D eigenvalue weighted by Crippen LogP contribution is 2.47. The van der Waals surface area contributed by atoms with Gasteiger partial charge in [-0.3, -0.25) is 4.90 Å². The number of aliphatic hydroxyl groups excluding tert-OH is 1. The molecule has 1 unspecified atom stereocenters. The maximum absolute atomic E-state index is 10.6. The topological polar surface area (TPSA) is 23.5 Å². The van der Waals surface area contributed by atoms with Gasteiger partial charge in [0.05, 0.1) is 11.5 Å². The van der Waals surface area contributed by atoms with Crippen molar-refractivity contribution in [2.45, 2.75) is 102 Å². The zero-order valence-electron chi connectivity index (χ0n) is 15.9. The molecule has 1 N–H and O–H groups in total. The molecule has 0 aromatic rings. The Bertz CT molecular complexity index is 375. The summed E-state index contributed by atoms with van der Waals surface area (Å²) in [4.78, 5) is 2.56. The normalized spacial score (nSPS) is 28.3. The Hall–Kier alpha value is -0.0500. The SMILES string of the molecule is CCCC/C=C\C[C@H]1[C@H](Cl)CCN1CCCC(O)C1(CC)CCC1. The van der Waals surface area contributed by atoms with Crippen molar-refractivity contribution in [3.05, 3.63) is 12.2 Å². The van der Waals surface area contributed by atoms with E-state index in [-0.39, 0.29) is 11.5 Å². The number of aliphatic hydroxyl groups is 1. The fourth-order valence-corrected chi connectivity index (χ4v) is 4.83. The predicted molar refractivity (Wildman–Crippen MR) is 105 cm³/mol. The highest BCUT2D eigenvalue weighted by molar-refractivity contribution is 6.21. The number of rotatable bonds is 11. The Labute approximate surface area is 154 Å². The van der Waals surface area contributed by atoms with E-state index in [0.717, 1.165) is 45.2 Å². The molecule has 0 spiro atoms. The summed E-state index contributed by atoms with van der Waals surface area (Å²) in [5.41, 5.74) is 0.251. The first kappa shape index (κ1) is 20.3. The molecule has 2 nitrogen and oxygen atoms in total. The molecule has 1 heterocycles. The smallest absolute Gasteiger partial charge is 0.0596 e. The van der Waals surface area contributed by atoms with Gasteiger partial charge in [-0.25, -0.2) is 0 Å². The van der Waals surface area contributed by atoms with Gasteiger partial charge in [0.2, 0.25) is 0 Å². The number of alkyl halides is 1. The lowest BCUT2D eigenvalue weighted by Crippen LogP contribution is -2.41. The van der Waals surface area contributed by atoms with Crippen LogP contribution in [0.25, 0.3) is 0 Å². The number of hydrogen-bond acceptors (Lipinski definition) is 2. The molecule has 1 saturated carbocycles. The standard InChI is InChI=1S/C21H38ClNO/c1-3-5-6-7-8-11-19-18(22)13-17-23(19)16-9-12-20(24)21(4-2)14-10-15-21/h7-8,18-20,24H,3-6,9-17H2,1-2H3/b8-7-/t18-,19+,20?/m1/s1. The second kappa shape index (κ2) is 10.2. The summed E-state index contributed by atoms with van der Waals surface area (Å²) in [6.07, 6.45) is 17.4. The zero-order valence-corrected chi connectivity index (χ0v) is 16.6. The van der Waals surface area contributed by atoms with Gasteiger partial charge in [0.25, 0.3) is 0 Å². The van der Waals surface area contributed by atoms with Gasteiger partial charge in [0, 0.05) is 6.04 Å². The summed E-state index contributed by atoms with van der Waals surface area (Å²) >= 11 is 6.56. The Morgan fingerprint density at radius 1 is 1.25 bits per heavy atom.